The summed E-state index contributed by atoms with van der Waals surface area (Å²) in [5.41, 5.74) is 0. The molecular formula is C6H14S2. The van der Waals surface area contributed by atoms with E-state index in [1.807, 2.05) is 0 Å². The first kappa shape index (κ1) is 8.44. The smallest absolute Gasteiger partial charge is 0.0381 e. The van der Waals surface area contributed by atoms with Gasteiger partial charge in [-0.3, -0.25) is 0 Å². The van der Waals surface area contributed by atoms with E-state index in [0.717, 1.165) is 0 Å². The minimum atomic E-state index is 1.46. The van der Waals surface area contributed by atoms with Gasteiger partial charge in [-0.05, 0) is 37.4 Å². The molecule has 0 amide bonds. The SMILES string of the molecule is CC(C)=[SH][SH]=C(C)C. The van der Waals surface area contributed by atoms with Crippen molar-refractivity contribution in [3.8, 4) is 0 Å². The molecule has 0 bridgehead atoms. The predicted octanol–water partition coefficient (Wildman–Crippen LogP) is 2.26. The van der Waals surface area contributed by atoms with Crippen LogP contribution in [0, 0.1) is 0 Å². The number of hydrogen-bond acceptors (Lipinski definition) is 0. The monoisotopic (exact) mass is 150 g/mol. The van der Waals surface area contributed by atoms with Crippen molar-refractivity contribution < 1.29 is 0 Å². The number of thiol groups is 2. The van der Waals surface area contributed by atoms with Crippen LogP contribution in [0.15, 0.2) is 0 Å². The zero-order chi connectivity index (χ0) is 6.57. The lowest BCUT2D eigenvalue weighted by Crippen LogP contribution is -1.72. The van der Waals surface area contributed by atoms with Crippen LogP contribution in [0.5, 0.6) is 0 Å². The Morgan fingerprint density at radius 2 is 1.00 bits per heavy atom. The largest absolute Gasteiger partial charge is 0.153 e. The van der Waals surface area contributed by atoms with Crippen LogP contribution in [0.1, 0.15) is 27.7 Å². The second kappa shape index (κ2) is 4.33. The maximum atomic E-state index is 2.16. The van der Waals surface area contributed by atoms with E-state index in [4.69, 9.17) is 0 Å². The highest BCUT2D eigenvalue weighted by molar-refractivity contribution is 8.74. The summed E-state index contributed by atoms with van der Waals surface area (Å²) in [5.74, 6) is 0. The van der Waals surface area contributed by atoms with E-state index < -0.39 is 0 Å². The van der Waals surface area contributed by atoms with Crippen molar-refractivity contribution in [1.29, 1.82) is 0 Å². The lowest BCUT2D eigenvalue weighted by molar-refractivity contribution is 1.85. The molecule has 0 spiro atoms. The zero-order valence-corrected chi connectivity index (χ0v) is 7.68. The molecule has 0 unspecified atom stereocenters. The van der Waals surface area contributed by atoms with Gasteiger partial charge >= 0.3 is 0 Å². The van der Waals surface area contributed by atoms with Gasteiger partial charge in [-0.1, -0.05) is 0 Å². The van der Waals surface area contributed by atoms with E-state index in [0.29, 0.717) is 0 Å². The highest BCUT2D eigenvalue weighted by Crippen LogP contribution is 2.05. The van der Waals surface area contributed by atoms with E-state index in [1.165, 1.54) is 30.5 Å². The van der Waals surface area contributed by atoms with E-state index in [2.05, 4.69) is 27.7 Å². The third-order valence-corrected chi connectivity index (χ3v) is 4.05. The van der Waals surface area contributed by atoms with Crippen molar-refractivity contribution in [3.05, 3.63) is 0 Å². The van der Waals surface area contributed by atoms with Crippen LogP contribution in [0.25, 0.3) is 0 Å². The standard InChI is InChI=1S/C6H14S2/c1-5(2)7-8-6(3)4/h7-8H,1-4H3. The molecular weight excluding hydrogens is 136 g/mol. The molecule has 0 N–H and O–H groups in total. The van der Waals surface area contributed by atoms with Gasteiger partial charge in [0.15, 0.2) is 0 Å². The molecule has 0 aliphatic rings. The van der Waals surface area contributed by atoms with Crippen LogP contribution >= 0.6 is 20.8 Å². The van der Waals surface area contributed by atoms with Crippen molar-refractivity contribution >= 4 is 30.5 Å². The molecule has 0 aromatic carbocycles. The average Bonchev–Trinajstić information content (AvgIpc) is 1.61. The minimum Gasteiger partial charge on any atom is -0.153 e. The molecule has 0 aromatic heterocycles. The van der Waals surface area contributed by atoms with E-state index >= 15 is 0 Å². The number of rotatable bonds is 1. The molecule has 50 valence electrons. The van der Waals surface area contributed by atoms with Crippen LogP contribution in [0.4, 0.5) is 0 Å². The second-order valence-corrected chi connectivity index (χ2v) is 5.48. The molecule has 2 heteroatoms. The molecule has 0 aliphatic carbocycles. The molecule has 0 rings (SSSR count). The summed E-state index contributed by atoms with van der Waals surface area (Å²) in [4.78, 5) is 2.99. The highest BCUT2D eigenvalue weighted by atomic mass is 33.1. The van der Waals surface area contributed by atoms with Gasteiger partial charge in [0, 0.05) is 0 Å². The van der Waals surface area contributed by atoms with Crippen molar-refractivity contribution in [2.45, 2.75) is 27.7 Å². The lowest BCUT2D eigenvalue weighted by atomic mass is 10.6. The number of hydrogen-bond donors (Lipinski definition) is 2. The van der Waals surface area contributed by atoms with Crippen LogP contribution in [-0.2, 0) is 0 Å². The average molecular weight is 150 g/mol. The van der Waals surface area contributed by atoms with Gasteiger partial charge < -0.3 is 0 Å². The summed E-state index contributed by atoms with van der Waals surface area (Å²) in [6, 6.07) is 0. The molecule has 0 saturated carbocycles. The summed E-state index contributed by atoms with van der Waals surface area (Å²) >= 11 is 0. The Morgan fingerprint density at radius 1 is 0.750 bits per heavy atom. The van der Waals surface area contributed by atoms with E-state index in [9.17, 15) is 0 Å². The van der Waals surface area contributed by atoms with Crippen molar-refractivity contribution in [1.82, 2.24) is 0 Å². The molecule has 0 nitrogen and oxygen atoms in total. The molecule has 0 saturated heterocycles. The fraction of sp³-hybridized carbons (Fsp3) is 0.667. The zero-order valence-electron chi connectivity index (χ0n) is 5.89. The van der Waals surface area contributed by atoms with Crippen molar-refractivity contribution in [2.24, 2.45) is 0 Å². The first-order valence-corrected chi connectivity index (χ1v) is 5.14. The summed E-state index contributed by atoms with van der Waals surface area (Å²) in [6.45, 7) is 8.66. The highest BCUT2D eigenvalue weighted by Gasteiger charge is 1.70. The van der Waals surface area contributed by atoms with Crippen LogP contribution < -0.4 is 0 Å². The van der Waals surface area contributed by atoms with Crippen molar-refractivity contribution in [2.75, 3.05) is 0 Å². The maximum Gasteiger partial charge on any atom is -0.0381 e. The third-order valence-electron chi connectivity index (χ3n) is 0.450. The molecule has 0 atom stereocenters. The fourth-order valence-corrected chi connectivity index (χ4v) is 1.80. The molecule has 8 heavy (non-hydrogen) atoms. The Bertz CT molecular complexity index is 98.5. The summed E-state index contributed by atoms with van der Waals surface area (Å²) < 4.78 is 0. The minimum absolute atomic E-state index is 1.46. The quantitative estimate of drug-likeness (QED) is 0.320. The Kier molecular flexibility index (Phi) is 4.57. The van der Waals surface area contributed by atoms with Gasteiger partial charge in [0.2, 0.25) is 0 Å². The Balaban J connectivity index is 3.76. The fourth-order valence-electron chi connectivity index (χ4n) is 0.200. The Hall–Kier alpha value is 0.440. The molecule has 0 fully saturated rings. The Labute approximate surface area is 58.6 Å². The lowest BCUT2D eigenvalue weighted by Gasteiger charge is -1.86. The van der Waals surface area contributed by atoms with Gasteiger partial charge in [0.05, 0.1) is 0 Å². The topological polar surface area (TPSA) is 0 Å². The van der Waals surface area contributed by atoms with Gasteiger partial charge in [0.25, 0.3) is 0 Å². The third kappa shape index (κ3) is 6.44. The molecule has 0 heterocycles. The first-order chi connectivity index (χ1) is 3.63. The molecule has 0 radical (unpaired) electrons. The summed E-state index contributed by atoms with van der Waals surface area (Å²) in [7, 11) is 2.91. The van der Waals surface area contributed by atoms with Crippen molar-refractivity contribution in [3.63, 3.8) is 0 Å². The van der Waals surface area contributed by atoms with Gasteiger partial charge in [-0.2, -0.15) is 20.8 Å². The first-order valence-electron chi connectivity index (χ1n) is 2.65. The van der Waals surface area contributed by atoms with Gasteiger partial charge in [0.1, 0.15) is 0 Å². The predicted molar refractivity (Wildman–Crippen MR) is 50.7 cm³/mol. The van der Waals surface area contributed by atoms with E-state index in [1.54, 1.807) is 0 Å². The summed E-state index contributed by atoms with van der Waals surface area (Å²) in [6.07, 6.45) is 0. The normalized spacial score (nSPS) is 9.00. The van der Waals surface area contributed by atoms with Crippen LogP contribution in [0.2, 0.25) is 0 Å². The molecule has 0 aliphatic heterocycles. The molecule has 0 aromatic rings. The maximum absolute atomic E-state index is 2.16. The Morgan fingerprint density at radius 3 is 1.12 bits per heavy atom. The second-order valence-electron chi connectivity index (χ2n) is 2.09. The van der Waals surface area contributed by atoms with E-state index in [-0.39, 0.29) is 0 Å². The van der Waals surface area contributed by atoms with Gasteiger partial charge in [-0.25, -0.2) is 0 Å². The van der Waals surface area contributed by atoms with Gasteiger partial charge in [-0.15, -0.1) is 0 Å². The summed E-state index contributed by atoms with van der Waals surface area (Å²) in [5, 5.41) is 0. The van der Waals surface area contributed by atoms with Crippen LogP contribution in [0.3, 0.4) is 0 Å². The van der Waals surface area contributed by atoms with Crippen LogP contribution in [-0.4, -0.2) is 9.73 Å².